The predicted molar refractivity (Wildman–Crippen MR) is 86.0 cm³/mol. The van der Waals surface area contributed by atoms with E-state index in [2.05, 4.69) is 9.72 Å². The Labute approximate surface area is 149 Å². The number of methoxy groups -OCH3 is 1. The largest absolute Gasteiger partial charge is 0.465 e. The number of aromatic nitrogens is 1. The van der Waals surface area contributed by atoms with Gasteiger partial charge in [-0.1, -0.05) is 58.0 Å². The number of hydrogen-bond donors (Lipinski definition) is 0. The van der Waals surface area contributed by atoms with Crippen molar-refractivity contribution in [3.8, 4) is 11.1 Å². The van der Waals surface area contributed by atoms with Crippen molar-refractivity contribution < 1.29 is 13.9 Å². The molecule has 0 bridgehead atoms. The average Bonchev–Trinajstić information content (AvgIpc) is 2.52. The molecule has 0 saturated heterocycles. The molecule has 0 aliphatic rings. The van der Waals surface area contributed by atoms with Gasteiger partial charge in [0.05, 0.1) is 37.8 Å². The van der Waals surface area contributed by atoms with Crippen molar-refractivity contribution in [2.45, 2.75) is 0 Å². The van der Waals surface area contributed by atoms with Gasteiger partial charge in [-0.25, -0.2) is 9.78 Å². The van der Waals surface area contributed by atoms with E-state index >= 15 is 0 Å². The summed E-state index contributed by atoms with van der Waals surface area (Å²) in [6, 6.07) is 1.18. The van der Waals surface area contributed by atoms with Crippen LogP contribution in [0.25, 0.3) is 11.1 Å². The van der Waals surface area contributed by atoms with E-state index in [1.165, 1.54) is 13.2 Å². The smallest absolute Gasteiger partial charge is 0.339 e. The molecule has 0 aliphatic heterocycles. The first kappa shape index (κ1) is 17.6. The number of carbonyl (C=O) groups excluding carboxylic acids is 1. The maximum atomic E-state index is 14.0. The summed E-state index contributed by atoms with van der Waals surface area (Å²) in [6.45, 7) is 0. The number of nitrogens with zero attached hydrogens (tertiary/aromatic N) is 1. The van der Waals surface area contributed by atoms with Crippen LogP contribution in [0, 0.1) is 5.95 Å². The second-order valence-electron chi connectivity index (χ2n) is 4.00. The lowest BCUT2D eigenvalue weighted by Crippen LogP contribution is -2.04. The average molecular weight is 403 g/mol. The molecular formula is C13H5Cl5FNO2. The van der Waals surface area contributed by atoms with Crippen molar-refractivity contribution in [1.82, 2.24) is 4.98 Å². The zero-order valence-corrected chi connectivity index (χ0v) is 14.5. The van der Waals surface area contributed by atoms with E-state index in [0.717, 1.165) is 6.20 Å². The SMILES string of the molecule is COC(=O)c1cnc(F)c(-c2c(Cl)c(Cl)c(Cl)c(Cl)c2Cl)c1. The Hall–Kier alpha value is -0.780. The predicted octanol–water partition coefficient (Wildman–Crippen LogP) is 5.94. The molecule has 1 aromatic heterocycles. The third kappa shape index (κ3) is 2.99. The summed E-state index contributed by atoms with van der Waals surface area (Å²) >= 11 is 29.9. The minimum Gasteiger partial charge on any atom is -0.465 e. The van der Waals surface area contributed by atoms with Crippen LogP contribution in [-0.2, 0) is 4.74 Å². The molecular weight excluding hydrogens is 398 g/mol. The summed E-state index contributed by atoms with van der Waals surface area (Å²) < 4.78 is 18.6. The second-order valence-corrected chi connectivity index (χ2v) is 5.89. The maximum absolute atomic E-state index is 14.0. The van der Waals surface area contributed by atoms with E-state index in [1.54, 1.807) is 0 Å². The molecule has 0 saturated carbocycles. The van der Waals surface area contributed by atoms with E-state index < -0.39 is 11.9 Å². The quantitative estimate of drug-likeness (QED) is 0.270. The lowest BCUT2D eigenvalue weighted by atomic mass is 10.1. The first-order valence-electron chi connectivity index (χ1n) is 5.55. The number of halogens is 6. The molecule has 116 valence electrons. The van der Waals surface area contributed by atoms with Crippen LogP contribution in [0.15, 0.2) is 12.3 Å². The molecule has 1 aromatic carbocycles. The Bertz CT molecular complexity index is 753. The molecule has 0 N–H and O–H groups in total. The van der Waals surface area contributed by atoms with E-state index in [0.29, 0.717) is 0 Å². The van der Waals surface area contributed by atoms with Gasteiger partial charge in [0.2, 0.25) is 5.95 Å². The Balaban J connectivity index is 2.80. The lowest BCUT2D eigenvalue weighted by molar-refractivity contribution is 0.0600. The summed E-state index contributed by atoms with van der Waals surface area (Å²) in [6.07, 6.45) is 1.02. The van der Waals surface area contributed by atoms with Crippen LogP contribution in [0.4, 0.5) is 4.39 Å². The number of hydrogen-bond acceptors (Lipinski definition) is 3. The molecule has 9 heteroatoms. The number of esters is 1. The molecule has 1 heterocycles. The van der Waals surface area contributed by atoms with Gasteiger partial charge in [-0.15, -0.1) is 0 Å². The molecule has 0 fully saturated rings. The van der Waals surface area contributed by atoms with Crippen LogP contribution in [-0.4, -0.2) is 18.1 Å². The summed E-state index contributed by atoms with van der Waals surface area (Å²) in [5.74, 6) is -1.61. The summed E-state index contributed by atoms with van der Waals surface area (Å²) in [7, 11) is 1.18. The maximum Gasteiger partial charge on any atom is 0.339 e. The van der Waals surface area contributed by atoms with Gasteiger partial charge in [0.25, 0.3) is 0 Å². The zero-order valence-electron chi connectivity index (χ0n) is 10.7. The van der Waals surface area contributed by atoms with Gasteiger partial charge in [0.1, 0.15) is 0 Å². The van der Waals surface area contributed by atoms with E-state index in [1.807, 2.05) is 0 Å². The standard InChI is InChI=1S/C13H5Cl5FNO2/c1-22-13(21)4-2-5(12(19)20-3-4)6-7(14)9(16)11(18)10(17)8(6)15/h2-3H,1H3. The Morgan fingerprint density at radius 1 is 1.05 bits per heavy atom. The van der Waals surface area contributed by atoms with Crippen LogP contribution < -0.4 is 0 Å². The van der Waals surface area contributed by atoms with Gasteiger partial charge in [-0.2, -0.15) is 4.39 Å². The van der Waals surface area contributed by atoms with E-state index in [9.17, 15) is 9.18 Å². The fourth-order valence-electron chi connectivity index (χ4n) is 1.69. The molecule has 0 radical (unpaired) electrons. The molecule has 0 atom stereocenters. The highest BCUT2D eigenvalue weighted by atomic mass is 35.5. The Morgan fingerprint density at radius 3 is 2.05 bits per heavy atom. The second kappa shape index (κ2) is 6.77. The number of benzene rings is 1. The minimum atomic E-state index is -0.911. The van der Waals surface area contributed by atoms with Crippen LogP contribution in [0.3, 0.4) is 0 Å². The van der Waals surface area contributed by atoms with Crippen molar-refractivity contribution in [2.24, 2.45) is 0 Å². The van der Waals surface area contributed by atoms with Crippen molar-refractivity contribution in [2.75, 3.05) is 7.11 Å². The van der Waals surface area contributed by atoms with Crippen molar-refractivity contribution in [3.63, 3.8) is 0 Å². The monoisotopic (exact) mass is 401 g/mol. The van der Waals surface area contributed by atoms with Crippen LogP contribution in [0.5, 0.6) is 0 Å². The minimum absolute atomic E-state index is 0.00762. The fourth-order valence-corrected chi connectivity index (χ4v) is 3.04. The van der Waals surface area contributed by atoms with E-state index in [4.69, 9.17) is 58.0 Å². The highest BCUT2D eigenvalue weighted by Crippen LogP contribution is 2.48. The highest BCUT2D eigenvalue weighted by Gasteiger charge is 2.24. The molecule has 0 aliphatic carbocycles. The number of pyridine rings is 1. The molecule has 0 spiro atoms. The molecule has 0 unspecified atom stereocenters. The van der Waals surface area contributed by atoms with E-state index in [-0.39, 0.29) is 41.8 Å². The van der Waals surface area contributed by atoms with Gasteiger partial charge in [0, 0.05) is 17.3 Å². The van der Waals surface area contributed by atoms with Crippen LogP contribution in [0.2, 0.25) is 25.1 Å². The summed E-state index contributed by atoms with van der Waals surface area (Å²) in [5.41, 5.74) is -0.162. The molecule has 22 heavy (non-hydrogen) atoms. The fraction of sp³-hybridized carbons (Fsp3) is 0.0769. The molecule has 0 amide bonds. The zero-order chi connectivity index (χ0) is 16.6. The summed E-state index contributed by atoms with van der Waals surface area (Å²) in [5, 5.41) is -0.446. The van der Waals surface area contributed by atoms with Gasteiger partial charge in [-0.05, 0) is 6.07 Å². The summed E-state index contributed by atoms with van der Waals surface area (Å²) in [4.78, 5) is 15.0. The molecule has 2 rings (SSSR count). The normalized spacial score (nSPS) is 10.7. The van der Waals surface area contributed by atoms with Crippen LogP contribution in [0.1, 0.15) is 10.4 Å². The first-order chi connectivity index (χ1) is 10.3. The number of rotatable bonds is 2. The van der Waals surface area contributed by atoms with Crippen molar-refractivity contribution in [1.29, 1.82) is 0 Å². The molecule has 3 nitrogen and oxygen atoms in total. The number of carbonyl (C=O) groups is 1. The molecule has 2 aromatic rings. The van der Waals surface area contributed by atoms with Gasteiger partial charge >= 0.3 is 5.97 Å². The highest BCUT2D eigenvalue weighted by molar-refractivity contribution is 6.56. The van der Waals surface area contributed by atoms with Crippen molar-refractivity contribution in [3.05, 3.63) is 48.9 Å². The van der Waals surface area contributed by atoms with Gasteiger partial charge < -0.3 is 4.74 Å². The topological polar surface area (TPSA) is 39.2 Å². The van der Waals surface area contributed by atoms with Gasteiger partial charge in [-0.3, -0.25) is 0 Å². The lowest BCUT2D eigenvalue weighted by Gasteiger charge is -2.13. The van der Waals surface area contributed by atoms with Crippen LogP contribution >= 0.6 is 58.0 Å². The van der Waals surface area contributed by atoms with Gasteiger partial charge in [0.15, 0.2) is 0 Å². The number of ether oxygens (including phenoxy) is 1. The first-order valence-corrected chi connectivity index (χ1v) is 7.44. The Morgan fingerprint density at radius 2 is 1.55 bits per heavy atom. The Kier molecular flexibility index (Phi) is 5.41. The van der Waals surface area contributed by atoms with Crippen molar-refractivity contribution >= 4 is 64.0 Å². The third-order valence-electron chi connectivity index (χ3n) is 2.74. The third-order valence-corrected chi connectivity index (χ3v) is 5.02.